The van der Waals surface area contributed by atoms with Gasteiger partial charge in [0.05, 0.1) is 0 Å². The second-order valence-corrected chi connectivity index (χ2v) is 7.56. The number of hydrogen-bond acceptors (Lipinski definition) is 4. The minimum atomic E-state index is -0.373. The lowest BCUT2D eigenvalue weighted by Gasteiger charge is -2.29. The molecular formula is C21H27NO4. The van der Waals surface area contributed by atoms with E-state index in [4.69, 9.17) is 9.15 Å². The van der Waals surface area contributed by atoms with Gasteiger partial charge in [-0.1, -0.05) is 33.6 Å². The van der Waals surface area contributed by atoms with E-state index in [-0.39, 0.29) is 30.1 Å². The topological polar surface area (TPSA) is 68.5 Å². The maximum absolute atomic E-state index is 12.2. The molecule has 1 saturated carbocycles. The van der Waals surface area contributed by atoms with Crippen LogP contribution in [-0.4, -0.2) is 18.6 Å². The van der Waals surface area contributed by atoms with Crippen molar-refractivity contribution in [3.8, 4) is 5.75 Å². The summed E-state index contributed by atoms with van der Waals surface area (Å²) in [6.45, 7) is 6.22. The molecule has 2 aromatic rings. The molecule has 1 aromatic heterocycles. The number of hydrogen-bond donors (Lipinski definition) is 1. The minimum Gasteiger partial charge on any atom is -0.484 e. The second kappa shape index (κ2) is 7.94. The average Bonchev–Trinajstić information content (AvgIpc) is 2.60. The standard InChI is InChI=1S/C21H27NO4/c1-13(2)17-11-21(24)26-19-10-15(8-9-16(17)19)25-12-20(23)22-18-7-5-4-6-14(18)3/h8-11,13-14,18H,4-7,12H2,1-3H3,(H,22,23)/t14-,18+/m1/s1. The largest absolute Gasteiger partial charge is 0.484 e. The van der Waals surface area contributed by atoms with Crippen LogP contribution in [0.2, 0.25) is 0 Å². The number of fused-ring (bicyclic) bond motifs is 1. The van der Waals surface area contributed by atoms with E-state index in [1.54, 1.807) is 6.07 Å². The van der Waals surface area contributed by atoms with E-state index in [0.717, 1.165) is 30.2 Å². The summed E-state index contributed by atoms with van der Waals surface area (Å²) in [4.78, 5) is 23.9. The number of amides is 1. The maximum atomic E-state index is 12.2. The number of carbonyl (C=O) groups is 1. The molecule has 1 aromatic carbocycles. The Bertz CT molecular complexity index is 840. The predicted octanol–water partition coefficient (Wildman–Crippen LogP) is 3.99. The van der Waals surface area contributed by atoms with Crippen LogP contribution in [0.25, 0.3) is 11.0 Å². The average molecular weight is 357 g/mol. The van der Waals surface area contributed by atoms with E-state index < -0.39 is 0 Å². The van der Waals surface area contributed by atoms with Crippen molar-refractivity contribution < 1.29 is 13.9 Å². The Hall–Kier alpha value is -2.30. The molecule has 5 nitrogen and oxygen atoms in total. The van der Waals surface area contributed by atoms with Gasteiger partial charge in [-0.05, 0) is 42.4 Å². The van der Waals surface area contributed by atoms with Crippen molar-refractivity contribution in [2.24, 2.45) is 5.92 Å². The zero-order valence-electron chi connectivity index (χ0n) is 15.7. The smallest absolute Gasteiger partial charge is 0.336 e. The summed E-state index contributed by atoms with van der Waals surface area (Å²) in [5.74, 6) is 1.14. The van der Waals surface area contributed by atoms with Crippen LogP contribution in [-0.2, 0) is 4.79 Å². The first kappa shape index (κ1) is 18.5. The predicted molar refractivity (Wildman–Crippen MR) is 102 cm³/mol. The molecule has 5 heteroatoms. The van der Waals surface area contributed by atoms with Crippen molar-refractivity contribution in [1.29, 1.82) is 0 Å². The quantitative estimate of drug-likeness (QED) is 0.822. The van der Waals surface area contributed by atoms with Crippen LogP contribution in [0.4, 0.5) is 0 Å². The van der Waals surface area contributed by atoms with Gasteiger partial charge in [0.15, 0.2) is 6.61 Å². The van der Waals surface area contributed by atoms with Crippen molar-refractivity contribution in [3.05, 3.63) is 40.2 Å². The van der Waals surface area contributed by atoms with Crippen LogP contribution in [0.5, 0.6) is 5.75 Å². The van der Waals surface area contributed by atoms with Crippen molar-refractivity contribution in [2.45, 2.75) is 58.4 Å². The number of rotatable bonds is 5. The second-order valence-electron chi connectivity index (χ2n) is 7.56. The van der Waals surface area contributed by atoms with Gasteiger partial charge < -0.3 is 14.5 Å². The lowest BCUT2D eigenvalue weighted by molar-refractivity contribution is -0.124. The summed E-state index contributed by atoms with van der Waals surface area (Å²) in [5.41, 5.74) is 1.06. The fourth-order valence-corrected chi connectivity index (χ4v) is 3.66. The molecular weight excluding hydrogens is 330 g/mol. The zero-order valence-corrected chi connectivity index (χ0v) is 15.7. The lowest BCUT2D eigenvalue weighted by atomic mass is 9.86. The Balaban J connectivity index is 1.67. The number of carbonyl (C=O) groups excluding carboxylic acids is 1. The molecule has 1 aliphatic rings. The molecule has 1 aliphatic carbocycles. The molecule has 0 spiro atoms. The van der Waals surface area contributed by atoms with Gasteiger partial charge in [0, 0.05) is 23.6 Å². The first-order chi connectivity index (χ1) is 12.4. The third-order valence-electron chi connectivity index (χ3n) is 5.20. The Labute approximate surface area is 153 Å². The van der Waals surface area contributed by atoms with Gasteiger partial charge in [-0.25, -0.2) is 4.79 Å². The van der Waals surface area contributed by atoms with Crippen LogP contribution in [0, 0.1) is 5.92 Å². The van der Waals surface area contributed by atoms with Gasteiger partial charge in [0.25, 0.3) is 5.91 Å². The van der Waals surface area contributed by atoms with Gasteiger partial charge in [0.2, 0.25) is 0 Å². The fraction of sp³-hybridized carbons (Fsp3) is 0.524. The van der Waals surface area contributed by atoms with Crippen LogP contribution in [0.15, 0.2) is 33.5 Å². The normalized spacial score (nSPS) is 20.3. The van der Waals surface area contributed by atoms with Crippen LogP contribution >= 0.6 is 0 Å². The Morgan fingerprint density at radius 1 is 1.27 bits per heavy atom. The Morgan fingerprint density at radius 3 is 2.77 bits per heavy atom. The van der Waals surface area contributed by atoms with Gasteiger partial charge >= 0.3 is 5.63 Å². The summed E-state index contributed by atoms with van der Waals surface area (Å²) >= 11 is 0. The van der Waals surface area contributed by atoms with E-state index in [0.29, 0.717) is 17.3 Å². The fourth-order valence-electron chi connectivity index (χ4n) is 3.66. The SMILES string of the molecule is CC(C)c1cc(=O)oc2cc(OCC(=O)N[C@H]3CCCC[C@H]3C)ccc12. The first-order valence-corrected chi connectivity index (χ1v) is 9.44. The van der Waals surface area contributed by atoms with Gasteiger partial charge in [-0.2, -0.15) is 0 Å². The molecule has 1 amide bonds. The van der Waals surface area contributed by atoms with Crippen LogP contribution in [0.1, 0.15) is 57.9 Å². The molecule has 0 unspecified atom stereocenters. The Morgan fingerprint density at radius 2 is 2.04 bits per heavy atom. The third kappa shape index (κ3) is 4.26. The summed E-state index contributed by atoms with van der Waals surface area (Å²) in [6, 6.07) is 7.14. The summed E-state index contributed by atoms with van der Waals surface area (Å²) in [6.07, 6.45) is 4.60. The molecule has 0 bridgehead atoms. The van der Waals surface area contributed by atoms with Crippen LogP contribution < -0.4 is 15.7 Å². The third-order valence-corrected chi connectivity index (χ3v) is 5.20. The molecule has 26 heavy (non-hydrogen) atoms. The van der Waals surface area contributed by atoms with Gasteiger partial charge in [-0.3, -0.25) is 4.79 Å². The molecule has 3 rings (SSSR count). The highest BCUT2D eigenvalue weighted by molar-refractivity contribution is 5.82. The maximum Gasteiger partial charge on any atom is 0.336 e. The van der Waals surface area contributed by atoms with Crippen molar-refractivity contribution in [1.82, 2.24) is 5.32 Å². The van der Waals surface area contributed by atoms with Crippen molar-refractivity contribution in [3.63, 3.8) is 0 Å². The minimum absolute atomic E-state index is 0.0389. The summed E-state index contributed by atoms with van der Waals surface area (Å²) in [7, 11) is 0. The molecule has 140 valence electrons. The lowest BCUT2D eigenvalue weighted by Crippen LogP contribution is -2.43. The summed E-state index contributed by atoms with van der Waals surface area (Å²) in [5, 5.41) is 3.97. The van der Waals surface area contributed by atoms with Crippen molar-refractivity contribution in [2.75, 3.05) is 6.61 Å². The molecule has 0 radical (unpaired) electrons. The highest BCUT2D eigenvalue weighted by atomic mass is 16.5. The number of nitrogens with one attached hydrogen (secondary N) is 1. The monoisotopic (exact) mass is 357 g/mol. The van der Waals surface area contributed by atoms with Gasteiger partial charge in [0.1, 0.15) is 11.3 Å². The van der Waals surface area contributed by atoms with Crippen LogP contribution in [0.3, 0.4) is 0 Å². The number of benzene rings is 1. The molecule has 1 heterocycles. The van der Waals surface area contributed by atoms with E-state index in [2.05, 4.69) is 12.2 Å². The molecule has 0 saturated heterocycles. The highest BCUT2D eigenvalue weighted by Crippen LogP contribution is 2.27. The summed E-state index contributed by atoms with van der Waals surface area (Å²) < 4.78 is 10.9. The van der Waals surface area contributed by atoms with E-state index in [1.165, 1.54) is 12.5 Å². The van der Waals surface area contributed by atoms with Crippen molar-refractivity contribution >= 4 is 16.9 Å². The molecule has 1 fully saturated rings. The molecule has 0 aliphatic heterocycles. The number of ether oxygens (including phenoxy) is 1. The molecule has 2 atom stereocenters. The Kier molecular flexibility index (Phi) is 5.64. The highest BCUT2D eigenvalue weighted by Gasteiger charge is 2.22. The molecule has 1 N–H and O–H groups in total. The van der Waals surface area contributed by atoms with E-state index in [9.17, 15) is 9.59 Å². The van der Waals surface area contributed by atoms with E-state index >= 15 is 0 Å². The van der Waals surface area contributed by atoms with E-state index in [1.807, 2.05) is 26.0 Å². The first-order valence-electron chi connectivity index (χ1n) is 9.44. The van der Waals surface area contributed by atoms with Gasteiger partial charge in [-0.15, -0.1) is 0 Å². The zero-order chi connectivity index (χ0) is 18.7.